The first-order valence-electron chi connectivity index (χ1n) is 8.39. The summed E-state index contributed by atoms with van der Waals surface area (Å²) in [5.74, 6) is -2.75. The van der Waals surface area contributed by atoms with Gasteiger partial charge in [0.1, 0.15) is 0 Å². The Morgan fingerprint density at radius 1 is 1.15 bits per heavy atom. The van der Waals surface area contributed by atoms with Crippen LogP contribution < -0.4 is 10.0 Å². The minimum Gasteiger partial charge on any atom is -0.322 e. The van der Waals surface area contributed by atoms with E-state index in [1.807, 2.05) is 13.8 Å². The van der Waals surface area contributed by atoms with Crippen molar-refractivity contribution >= 4 is 33.2 Å². The summed E-state index contributed by atoms with van der Waals surface area (Å²) < 4.78 is 54.0. The molecule has 5 nitrogen and oxygen atoms in total. The molecule has 0 fully saturated rings. The van der Waals surface area contributed by atoms with Gasteiger partial charge in [-0.15, -0.1) is 0 Å². The largest absolute Gasteiger partial charge is 0.322 e. The molecule has 1 amide bonds. The molecule has 2 rings (SSSR count). The van der Waals surface area contributed by atoms with Crippen LogP contribution in [-0.4, -0.2) is 20.4 Å². The summed E-state index contributed by atoms with van der Waals surface area (Å²) in [6.07, 6.45) is 1.57. The molecular weight excluding hydrogens is 398 g/mol. The average Bonchev–Trinajstić information content (AvgIpc) is 2.57. The molecule has 9 heteroatoms. The fraction of sp³-hybridized carbons (Fsp3) is 0.389. The van der Waals surface area contributed by atoms with Crippen LogP contribution in [0.5, 0.6) is 0 Å². The molecule has 1 atom stereocenters. The zero-order valence-corrected chi connectivity index (χ0v) is 16.7. The first kappa shape index (κ1) is 21.5. The number of hydrogen-bond donors (Lipinski definition) is 2. The molecule has 0 heterocycles. The van der Waals surface area contributed by atoms with Crippen molar-refractivity contribution in [3.05, 3.63) is 51.4 Å². The minimum atomic E-state index is -3.77. The highest BCUT2D eigenvalue weighted by Crippen LogP contribution is 2.30. The van der Waals surface area contributed by atoms with Crippen LogP contribution in [0.25, 0.3) is 0 Å². The van der Waals surface area contributed by atoms with E-state index in [1.165, 1.54) is 12.1 Å². The smallest absolute Gasteiger partial charge is 0.256 e. The van der Waals surface area contributed by atoms with E-state index >= 15 is 0 Å². The number of halogens is 3. The van der Waals surface area contributed by atoms with Crippen LogP contribution in [0, 0.1) is 17.6 Å². The lowest BCUT2D eigenvalue weighted by molar-refractivity contribution is -0.112. The van der Waals surface area contributed by atoms with Gasteiger partial charge in [0.15, 0.2) is 11.6 Å². The molecule has 0 aromatic heterocycles. The molecule has 27 heavy (non-hydrogen) atoms. The zero-order chi connectivity index (χ0) is 20.4. The predicted octanol–water partition coefficient (Wildman–Crippen LogP) is 4.04. The van der Waals surface area contributed by atoms with E-state index < -0.39 is 27.6 Å². The molecule has 1 aliphatic carbocycles. The number of benzene rings is 1. The number of carbonyl (C=O) groups excluding carboxylic acids is 1. The standard InChI is InChI=1S/C18H21ClF2N2O3S/c1-10(2)11(3)23-27(25,26)13-5-6-15(19)14(9-13)18(24)22-12-4-7-16(20)17(21)8-12/h4,7-11,23H,5-6H2,1-3H3,(H,22,24)/t11-/m1/s1. The SMILES string of the molecule is CC(C)[C@@H](C)NS(=O)(=O)C1=CC(C(=O)Nc2ccc(F)c(F)c2)=C(Cl)CC1. The van der Waals surface area contributed by atoms with E-state index in [-0.39, 0.29) is 46.0 Å². The Hall–Kier alpha value is -1.77. The predicted molar refractivity (Wildman–Crippen MR) is 102 cm³/mol. The second-order valence-electron chi connectivity index (χ2n) is 6.67. The van der Waals surface area contributed by atoms with Crippen LogP contribution in [0.3, 0.4) is 0 Å². The summed E-state index contributed by atoms with van der Waals surface area (Å²) in [6.45, 7) is 5.53. The molecule has 148 valence electrons. The summed E-state index contributed by atoms with van der Waals surface area (Å²) in [7, 11) is -3.77. The van der Waals surface area contributed by atoms with Crippen molar-refractivity contribution in [1.82, 2.24) is 4.72 Å². The lowest BCUT2D eigenvalue weighted by Crippen LogP contribution is -2.37. The van der Waals surface area contributed by atoms with Crippen molar-refractivity contribution in [1.29, 1.82) is 0 Å². The van der Waals surface area contributed by atoms with Gasteiger partial charge in [-0.2, -0.15) is 0 Å². The van der Waals surface area contributed by atoms with Gasteiger partial charge >= 0.3 is 0 Å². The third kappa shape index (κ3) is 5.37. The van der Waals surface area contributed by atoms with Gasteiger partial charge in [-0.3, -0.25) is 4.79 Å². The molecule has 0 saturated heterocycles. The number of carbonyl (C=O) groups is 1. The lowest BCUT2D eigenvalue weighted by atomic mass is 10.1. The number of amides is 1. The molecule has 0 radical (unpaired) electrons. The molecule has 2 N–H and O–H groups in total. The summed E-state index contributed by atoms with van der Waals surface area (Å²) in [4.78, 5) is 12.5. The molecule has 1 aromatic rings. The first-order valence-corrected chi connectivity index (χ1v) is 10.3. The van der Waals surface area contributed by atoms with Crippen LogP contribution in [-0.2, 0) is 14.8 Å². The van der Waals surface area contributed by atoms with E-state index in [2.05, 4.69) is 10.0 Å². The highest BCUT2D eigenvalue weighted by molar-refractivity contribution is 7.93. The van der Waals surface area contributed by atoms with Crippen LogP contribution in [0.1, 0.15) is 33.6 Å². The molecule has 0 spiro atoms. The Labute approximate surface area is 162 Å². The molecule has 0 bridgehead atoms. The highest BCUT2D eigenvalue weighted by atomic mass is 35.5. The zero-order valence-electron chi connectivity index (χ0n) is 15.1. The quantitative estimate of drug-likeness (QED) is 0.732. The Kier molecular flexibility index (Phi) is 6.77. The van der Waals surface area contributed by atoms with Crippen molar-refractivity contribution < 1.29 is 22.0 Å². The fourth-order valence-corrected chi connectivity index (χ4v) is 4.10. The maximum absolute atomic E-state index is 13.3. The fourth-order valence-electron chi connectivity index (χ4n) is 2.31. The van der Waals surface area contributed by atoms with Gasteiger partial charge in [0.25, 0.3) is 5.91 Å². The Bertz CT molecular complexity index is 911. The molecular formula is C18H21ClF2N2O3S. The second-order valence-corrected chi connectivity index (χ2v) is 8.89. The third-order valence-electron chi connectivity index (χ3n) is 4.30. The van der Waals surface area contributed by atoms with Crippen molar-refractivity contribution in [2.45, 2.75) is 39.7 Å². The molecule has 0 unspecified atom stereocenters. The van der Waals surface area contributed by atoms with Gasteiger partial charge in [-0.05, 0) is 43.9 Å². The number of rotatable bonds is 6. The maximum Gasteiger partial charge on any atom is 0.256 e. The molecule has 0 saturated carbocycles. The normalized spacial score (nSPS) is 16.3. The third-order valence-corrected chi connectivity index (χ3v) is 6.38. The summed E-state index contributed by atoms with van der Waals surface area (Å²) in [6, 6.07) is 2.63. The van der Waals surface area contributed by atoms with Crippen molar-refractivity contribution in [2.24, 2.45) is 5.92 Å². The number of sulfonamides is 1. The number of allylic oxidation sites excluding steroid dienone is 2. The van der Waals surface area contributed by atoms with E-state index in [9.17, 15) is 22.0 Å². The number of nitrogens with one attached hydrogen (secondary N) is 2. The first-order chi connectivity index (χ1) is 12.5. The van der Waals surface area contributed by atoms with E-state index in [0.717, 1.165) is 12.1 Å². The van der Waals surface area contributed by atoms with Gasteiger partial charge in [0.2, 0.25) is 10.0 Å². The summed E-state index contributed by atoms with van der Waals surface area (Å²) in [5, 5.41) is 2.59. The Morgan fingerprint density at radius 3 is 2.41 bits per heavy atom. The van der Waals surface area contributed by atoms with E-state index in [1.54, 1.807) is 6.92 Å². The van der Waals surface area contributed by atoms with Gasteiger partial charge in [0.05, 0.1) is 10.5 Å². The second kappa shape index (κ2) is 8.50. The molecule has 0 aliphatic heterocycles. The van der Waals surface area contributed by atoms with Crippen LogP contribution in [0.15, 0.2) is 39.8 Å². The molecule has 1 aliphatic rings. The van der Waals surface area contributed by atoms with Crippen LogP contribution in [0.4, 0.5) is 14.5 Å². The van der Waals surface area contributed by atoms with Crippen LogP contribution in [0.2, 0.25) is 0 Å². The van der Waals surface area contributed by atoms with E-state index in [0.29, 0.717) is 0 Å². The van der Waals surface area contributed by atoms with Gasteiger partial charge in [-0.25, -0.2) is 21.9 Å². The van der Waals surface area contributed by atoms with Gasteiger partial charge in [0, 0.05) is 22.8 Å². The lowest BCUT2D eigenvalue weighted by Gasteiger charge is -2.21. The van der Waals surface area contributed by atoms with Crippen molar-refractivity contribution in [2.75, 3.05) is 5.32 Å². The van der Waals surface area contributed by atoms with Crippen molar-refractivity contribution in [3.8, 4) is 0 Å². The molecule has 1 aromatic carbocycles. The highest BCUT2D eigenvalue weighted by Gasteiger charge is 2.27. The topological polar surface area (TPSA) is 75.3 Å². The van der Waals surface area contributed by atoms with Gasteiger partial charge < -0.3 is 5.32 Å². The van der Waals surface area contributed by atoms with Crippen molar-refractivity contribution in [3.63, 3.8) is 0 Å². The summed E-state index contributed by atoms with van der Waals surface area (Å²) in [5.41, 5.74) is 0.0102. The Balaban J connectivity index is 2.24. The van der Waals surface area contributed by atoms with Gasteiger partial charge in [-0.1, -0.05) is 25.4 Å². The maximum atomic E-state index is 13.3. The number of hydrogen-bond acceptors (Lipinski definition) is 3. The number of anilines is 1. The minimum absolute atomic E-state index is 0.0229. The Morgan fingerprint density at radius 2 is 1.81 bits per heavy atom. The average molecular weight is 419 g/mol. The van der Waals surface area contributed by atoms with E-state index in [4.69, 9.17) is 11.6 Å². The van der Waals surface area contributed by atoms with Crippen LogP contribution >= 0.6 is 11.6 Å². The monoisotopic (exact) mass is 418 g/mol. The summed E-state index contributed by atoms with van der Waals surface area (Å²) >= 11 is 6.10.